The molecule has 0 aliphatic heterocycles. The van der Waals surface area contributed by atoms with Gasteiger partial charge in [0.1, 0.15) is 0 Å². The van der Waals surface area contributed by atoms with Crippen molar-refractivity contribution in [3.05, 3.63) is 24.3 Å². The van der Waals surface area contributed by atoms with Crippen molar-refractivity contribution in [3.63, 3.8) is 0 Å². The third-order valence-corrected chi connectivity index (χ3v) is 8.67. The number of hydrogen-bond donors (Lipinski definition) is 3. The second-order valence-electron chi connectivity index (χ2n) is 13.0. The molecule has 0 saturated carbocycles. The zero-order valence-corrected chi connectivity index (χ0v) is 29.0. The van der Waals surface area contributed by atoms with Gasteiger partial charge in [0.15, 0.2) is 0 Å². The quantitative estimate of drug-likeness (QED) is 0.0505. The minimum Gasteiger partial charge on any atom is -0.394 e. The summed E-state index contributed by atoms with van der Waals surface area (Å²) in [5.41, 5.74) is 0. The van der Waals surface area contributed by atoms with Crippen LogP contribution in [0.4, 0.5) is 0 Å². The number of aliphatic hydroxyl groups excluding tert-OH is 2. The highest BCUT2D eigenvalue weighted by Gasteiger charge is 2.17. The standard InChI is InChI=1S/C39H75NO3/c1-3-5-7-9-11-12-13-14-15-16-17-18-19-20-21-22-23-24-25-26-27-29-31-33-35-39(43)40-37(36-41)38(42)34-32-30-28-10-8-6-4-2/h8,10,32,34,37-38,41-42H,3-7,9,11-31,33,35-36H2,1-2H3,(H,40,43)/b10-8+,34-32+. The van der Waals surface area contributed by atoms with Crippen LogP contribution in [-0.2, 0) is 4.79 Å². The molecule has 3 N–H and O–H groups in total. The van der Waals surface area contributed by atoms with Crippen molar-refractivity contribution >= 4 is 5.91 Å². The second-order valence-corrected chi connectivity index (χ2v) is 13.0. The van der Waals surface area contributed by atoms with E-state index in [9.17, 15) is 15.0 Å². The number of unbranched alkanes of at least 4 members (excludes halogenated alkanes) is 25. The normalized spacial score (nSPS) is 13.3. The number of amides is 1. The smallest absolute Gasteiger partial charge is 0.220 e. The maximum absolute atomic E-state index is 12.3. The van der Waals surface area contributed by atoms with Crippen molar-refractivity contribution in [1.82, 2.24) is 5.32 Å². The summed E-state index contributed by atoms with van der Waals surface area (Å²) >= 11 is 0. The summed E-state index contributed by atoms with van der Waals surface area (Å²) in [6, 6.07) is -0.631. The number of aliphatic hydroxyl groups is 2. The van der Waals surface area contributed by atoms with Gasteiger partial charge in [-0.1, -0.05) is 192 Å². The van der Waals surface area contributed by atoms with Crippen molar-refractivity contribution in [2.45, 2.75) is 212 Å². The molecule has 0 bridgehead atoms. The first-order valence-corrected chi connectivity index (χ1v) is 19.1. The molecule has 0 spiro atoms. The first-order chi connectivity index (χ1) is 21.2. The molecular formula is C39H75NO3. The molecule has 0 fully saturated rings. The van der Waals surface area contributed by atoms with Gasteiger partial charge in [0, 0.05) is 6.42 Å². The predicted octanol–water partition coefficient (Wildman–Crippen LogP) is 11.3. The van der Waals surface area contributed by atoms with Gasteiger partial charge in [0.05, 0.1) is 18.8 Å². The minimum atomic E-state index is -0.854. The maximum Gasteiger partial charge on any atom is 0.220 e. The molecule has 0 aliphatic carbocycles. The Labute approximate surface area is 269 Å². The van der Waals surface area contributed by atoms with Gasteiger partial charge in [-0.15, -0.1) is 0 Å². The zero-order valence-electron chi connectivity index (χ0n) is 29.0. The van der Waals surface area contributed by atoms with E-state index in [0.717, 1.165) is 38.5 Å². The Morgan fingerprint density at radius 1 is 0.535 bits per heavy atom. The van der Waals surface area contributed by atoms with Crippen LogP contribution in [0.1, 0.15) is 200 Å². The van der Waals surface area contributed by atoms with Gasteiger partial charge in [-0.2, -0.15) is 0 Å². The van der Waals surface area contributed by atoms with Gasteiger partial charge in [-0.25, -0.2) is 0 Å². The van der Waals surface area contributed by atoms with Crippen LogP contribution in [0, 0.1) is 0 Å². The third-order valence-electron chi connectivity index (χ3n) is 8.67. The first kappa shape index (κ1) is 41.9. The van der Waals surface area contributed by atoms with Gasteiger partial charge in [0.25, 0.3) is 0 Å². The number of nitrogens with one attached hydrogen (secondary N) is 1. The molecule has 0 aliphatic rings. The molecule has 0 heterocycles. The lowest BCUT2D eigenvalue weighted by atomic mass is 10.0. The molecule has 4 heteroatoms. The summed E-state index contributed by atoms with van der Waals surface area (Å²) in [6.45, 7) is 4.20. The van der Waals surface area contributed by atoms with Crippen LogP contribution in [0.5, 0.6) is 0 Å². The molecule has 0 rings (SSSR count). The molecule has 0 saturated heterocycles. The highest BCUT2D eigenvalue weighted by atomic mass is 16.3. The maximum atomic E-state index is 12.3. The molecule has 0 aromatic carbocycles. The highest BCUT2D eigenvalue weighted by molar-refractivity contribution is 5.76. The van der Waals surface area contributed by atoms with Crippen LogP contribution in [0.15, 0.2) is 24.3 Å². The predicted molar refractivity (Wildman–Crippen MR) is 189 cm³/mol. The fourth-order valence-corrected chi connectivity index (χ4v) is 5.73. The molecule has 0 radical (unpaired) electrons. The average Bonchev–Trinajstić information content (AvgIpc) is 3.01. The van der Waals surface area contributed by atoms with E-state index >= 15 is 0 Å². The number of hydrogen-bond acceptors (Lipinski definition) is 3. The molecule has 0 aromatic rings. The Morgan fingerprint density at radius 2 is 0.907 bits per heavy atom. The Kier molecular flexibility index (Phi) is 34.4. The van der Waals surface area contributed by atoms with Crippen molar-refractivity contribution in [2.24, 2.45) is 0 Å². The number of carbonyl (C=O) groups is 1. The van der Waals surface area contributed by atoms with Crippen LogP contribution in [-0.4, -0.2) is 34.9 Å². The van der Waals surface area contributed by atoms with Gasteiger partial charge in [0.2, 0.25) is 5.91 Å². The summed E-state index contributed by atoms with van der Waals surface area (Å²) in [7, 11) is 0. The first-order valence-electron chi connectivity index (χ1n) is 19.1. The summed E-state index contributed by atoms with van der Waals surface area (Å²) in [6.07, 6.45) is 44.4. The lowest BCUT2D eigenvalue weighted by Gasteiger charge is -2.19. The number of carbonyl (C=O) groups excluding carboxylic acids is 1. The molecule has 0 aromatic heterocycles. The van der Waals surface area contributed by atoms with Gasteiger partial charge in [-0.3, -0.25) is 4.79 Å². The summed E-state index contributed by atoms with van der Waals surface area (Å²) in [5, 5.41) is 22.7. The largest absolute Gasteiger partial charge is 0.394 e. The monoisotopic (exact) mass is 606 g/mol. The fraction of sp³-hybridized carbons (Fsp3) is 0.872. The van der Waals surface area contributed by atoms with Crippen LogP contribution >= 0.6 is 0 Å². The molecular weight excluding hydrogens is 530 g/mol. The Hall–Kier alpha value is -1.13. The summed E-state index contributed by atoms with van der Waals surface area (Å²) in [5.74, 6) is -0.0761. The van der Waals surface area contributed by atoms with Gasteiger partial charge in [-0.05, 0) is 25.7 Å². The molecule has 1 amide bonds. The zero-order chi connectivity index (χ0) is 31.5. The molecule has 43 heavy (non-hydrogen) atoms. The van der Waals surface area contributed by atoms with E-state index in [1.54, 1.807) is 6.08 Å². The highest BCUT2D eigenvalue weighted by Crippen LogP contribution is 2.16. The van der Waals surface area contributed by atoms with E-state index in [-0.39, 0.29) is 12.5 Å². The van der Waals surface area contributed by atoms with Crippen LogP contribution in [0.3, 0.4) is 0 Å². The van der Waals surface area contributed by atoms with Crippen molar-refractivity contribution in [3.8, 4) is 0 Å². The molecule has 254 valence electrons. The third kappa shape index (κ3) is 32.1. The van der Waals surface area contributed by atoms with Gasteiger partial charge < -0.3 is 15.5 Å². The molecule has 2 unspecified atom stereocenters. The summed E-state index contributed by atoms with van der Waals surface area (Å²) in [4.78, 5) is 12.3. The van der Waals surface area contributed by atoms with E-state index < -0.39 is 12.1 Å². The Balaban J connectivity index is 3.43. The minimum absolute atomic E-state index is 0.0761. The molecule has 4 nitrogen and oxygen atoms in total. The van der Waals surface area contributed by atoms with E-state index in [1.807, 2.05) is 6.08 Å². The SMILES string of the molecule is CCC/C=C/CC/C=C/C(O)C(CO)NC(=O)CCCCCCCCCCCCCCCCCCCCCCCCCC. The Bertz CT molecular complexity index is 618. The van der Waals surface area contributed by atoms with E-state index in [0.29, 0.717) is 6.42 Å². The topological polar surface area (TPSA) is 69.6 Å². The van der Waals surface area contributed by atoms with Crippen molar-refractivity contribution < 1.29 is 15.0 Å². The number of allylic oxidation sites excluding steroid dienone is 3. The van der Waals surface area contributed by atoms with Crippen LogP contribution < -0.4 is 5.32 Å². The lowest BCUT2D eigenvalue weighted by molar-refractivity contribution is -0.123. The lowest BCUT2D eigenvalue weighted by Crippen LogP contribution is -2.45. The second kappa shape index (κ2) is 35.4. The molecule has 2 atom stereocenters. The van der Waals surface area contributed by atoms with Crippen LogP contribution in [0.25, 0.3) is 0 Å². The van der Waals surface area contributed by atoms with Crippen LogP contribution in [0.2, 0.25) is 0 Å². The van der Waals surface area contributed by atoms with E-state index in [2.05, 4.69) is 31.3 Å². The van der Waals surface area contributed by atoms with Gasteiger partial charge >= 0.3 is 0 Å². The van der Waals surface area contributed by atoms with E-state index in [4.69, 9.17) is 0 Å². The summed E-state index contributed by atoms with van der Waals surface area (Å²) < 4.78 is 0. The van der Waals surface area contributed by atoms with Crippen molar-refractivity contribution in [1.29, 1.82) is 0 Å². The fourth-order valence-electron chi connectivity index (χ4n) is 5.73. The average molecular weight is 606 g/mol. The Morgan fingerprint density at radius 3 is 1.30 bits per heavy atom. The number of rotatable bonds is 34. The van der Waals surface area contributed by atoms with Crippen molar-refractivity contribution in [2.75, 3.05) is 6.61 Å². The van der Waals surface area contributed by atoms with E-state index in [1.165, 1.54) is 141 Å².